The molecule has 0 saturated carbocycles. The van der Waals surface area contributed by atoms with Gasteiger partial charge in [-0.05, 0) is 0 Å². The number of aliphatic hydroxyl groups is 1. The highest BCUT2D eigenvalue weighted by molar-refractivity contribution is 5.31. The molecule has 16 heavy (non-hydrogen) atoms. The molecule has 0 amide bonds. The summed E-state index contributed by atoms with van der Waals surface area (Å²) in [6, 6.07) is 0. The number of rotatable bonds is 3. The van der Waals surface area contributed by atoms with Crippen LogP contribution in [0.1, 0.15) is 0 Å². The third-order valence-corrected chi connectivity index (χ3v) is 2.70. The maximum Gasteiger partial charge on any atom is 0.225 e. The first-order valence-corrected chi connectivity index (χ1v) is 5.39. The molecule has 6 heteroatoms. The first kappa shape index (κ1) is 11.1. The van der Waals surface area contributed by atoms with E-state index in [0.717, 1.165) is 32.7 Å². The van der Waals surface area contributed by atoms with Gasteiger partial charge in [0.15, 0.2) is 5.75 Å². The second kappa shape index (κ2) is 5.09. The third kappa shape index (κ3) is 2.59. The minimum absolute atomic E-state index is 0.0858. The highest BCUT2D eigenvalue weighted by Gasteiger charge is 2.18. The van der Waals surface area contributed by atoms with Crippen molar-refractivity contribution in [3.8, 4) is 5.75 Å². The molecule has 88 valence electrons. The monoisotopic (exact) mass is 224 g/mol. The van der Waals surface area contributed by atoms with Crippen LogP contribution in [0.5, 0.6) is 5.75 Å². The Morgan fingerprint density at radius 1 is 1.12 bits per heavy atom. The largest absolute Gasteiger partial charge is 0.505 e. The van der Waals surface area contributed by atoms with Crippen LogP contribution in [0.3, 0.4) is 0 Å². The van der Waals surface area contributed by atoms with Crippen molar-refractivity contribution in [2.45, 2.75) is 0 Å². The lowest BCUT2D eigenvalue weighted by Crippen LogP contribution is -2.47. The maximum atomic E-state index is 9.09. The molecule has 1 aliphatic heterocycles. The number of aromatic hydroxyl groups is 1. The Morgan fingerprint density at radius 2 is 1.75 bits per heavy atom. The highest BCUT2D eigenvalue weighted by atomic mass is 16.3. The number of aromatic nitrogens is 2. The first-order valence-electron chi connectivity index (χ1n) is 5.39. The zero-order valence-corrected chi connectivity index (χ0v) is 9.08. The fourth-order valence-corrected chi connectivity index (χ4v) is 1.79. The molecule has 1 fully saturated rings. The predicted molar refractivity (Wildman–Crippen MR) is 59.4 cm³/mol. The molecule has 1 aromatic heterocycles. The SMILES string of the molecule is OCCN1CCN(c2ncc(O)cn2)CC1. The summed E-state index contributed by atoms with van der Waals surface area (Å²) in [6.07, 6.45) is 2.81. The summed E-state index contributed by atoms with van der Waals surface area (Å²) in [5, 5.41) is 17.9. The van der Waals surface area contributed by atoms with Crippen molar-refractivity contribution < 1.29 is 10.2 Å². The van der Waals surface area contributed by atoms with Gasteiger partial charge in [0, 0.05) is 32.7 Å². The van der Waals surface area contributed by atoms with E-state index in [9.17, 15) is 0 Å². The number of hydrogen-bond acceptors (Lipinski definition) is 6. The van der Waals surface area contributed by atoms with Crippen molar-refractivity contribution in [2.24, 2.45) is 0 Å². The Hall–Kier alpha value is -1.40. The van der Waals surface area contributed by atoms with Crippen molar-refractivity contribution in [2.75, 3.05) is 44.2 Å². The molecule has 1 aliphatic rings. The number of hydrogen-bond donors (Lipinski definition) is 2. The van der Waals surface area contributed by atoms with Gasteiger partial charge in [-0.25, -0.2) is 9.97 Å². The van der Waals surface area contributed by atoms with Gasteiger partial charge >= 0.3 is 0 Å². The molecule has 2 N–H and O–H groups in total. The molecular formula is C10H16N4O2. The van der Waals surface area contributed by atoms with Crippen LogP contribution in [0.2, 0.25) is 0 Å². The highest BCUT2D eigenvalue weighted by Crippen LogP contribution is 2.12. The maximum absolute atomic E-state index is 9.09. The van der Waals surface area contributed by atoms with Crippen LogP contribution in [0, 0.1) is 0 Å². The summed E-state index contributed by atoms with van der Waals surface area (Å²) in [4.78, 5) is 12.4. The number of aliphatic hydroxyl groups excluding tert-OH is 1. The van der Waals surface area contributed by atoms with Crippen LogP contribution in [-0.2, 0) is 0 Å². The van der Waals surface area contributed by atoms with Crippen LogP contribution in [0.4, 0.5) is 5.95 Å². The summed E-state index contributed by atoms with van der Waals surface area (Å²) >= 11 is 0. The third-order valence-electron chi connectivity index (χ3n) is 2.70. The fraction of sp³-hybridized carbons (Fsp3) is 0.600. The Kier molecular flexibility index (Phi) is 3.53. The van der Waals surface area contributed by atoms with Crippen molar-refractivity contribution in [1.82, 2.24) is 14.9 Å². The second-order valence-electron chi connectivity index (χ2n) is 3.79. The molecule has 1 saturated heterocycles. The number of piperazine rings is 1. The lowest BCUT2D eigenvalue weighted by molar-refractivity contribution is 0.188. The van der Waals surface area contributed by atoms with Crippen molar-refractivity contribution in [3.05, 3.63) is 12.4 Å². The lowest BCUT2D eigenvalue weighted by atomic mass is 10.3. The molecular weight excluding hydrogens is 208 g/mol. The van der Waals surface area contributed by atoms with E-state index < -0.39 is 0 Å². The number of β-amino-alcohol motifs (C(OH)–C–C–N with tert-alkyl or cyclic N) is 1. The summed E-state index contributed by atoms with van der Waals surface area (Å²) in [6.45, 7) is 4.45. The molecule has 0 aliphatic carbocycles. The Morgan fingerprint density at radius 3 is 2.31 bits per heavy atom. The van der Waals surface area contributed by atoms with Crippen LogP contribution in [-0.4, -0.2) is 64.4 Å². The van der Waals surface area contributed by atoms with Gasteiger partial charge < -0.3 is 15.1 Å². The molecule has 0 bridgehead atoms. The zero-order chi connectivity index (χ0) is 11.4. The van der Waals surface area contributed by atoms with E-state index in [2.05, 4.69) is 19.8 Å². The zero-order valence-electron chi connectivity index (χ0n) is 9.08. The molecule has 0 unspecified atom stereocenters. The van der Waals surface area contributed by atoms with Gasteiger partial charge in [0.05, 0.1) is 19.0 Å². The minimum Gasteiger partial charge on any atom is -0.505 e. The lowest BCUT2D eigenvalue weighted by Gasteiger charge is -2.34. The van der Waals surface area contributed by atoms with Gasteiger partial charge in [0.1, 0.15) is 0 Å². The van der Waals surface area contributed by atoms with E-state index in [1.807, 2.05) is 0 Å². The minimum atomic E-state index is 0.0858. The molecule has 0 atom stereocenters. The predicted octanol–water partition coefficient (Wildman–Crippen LogP) is -0.704. The molecule has 2 rings (SSSR count). The first-order chi connectivity index (χ1) is 7.79. The van der Waals surface area contributed by atoms with Crippen LogP contribution < -0.4 is 4.90 Å². The molecule has 0 spiro atoms. The van der Waals surface area contributed by atoms with E-state index in [1.165, 1.54) is 12.4 Å². The van der Waals surface area contributed by atoms with Crippen molar-refractivity contribution in [3.63, 3.8) is 0 Å². The van der Waals surface area contributed by atoms with E-state index in [-0.39, 0.29) is 12.4 Å². The molecule has 1 aromatic rings. The molecule has 0 radical (unpaired) electrons. The van der Waals surface area contributed by atoms with Gasteiger partial charge in [-0.1, -0.05) is 0 Å². The van der Waals surface area contributed by atoms with Gasteiger partial charge in [-0.3, -0.25) is 4.90 Å². The Labute approximate surface area is 94.2 Å². The van der Waals surface area contributed by atoms with Gasteiger partial charge in [0.25, 0.3) is 0 Å². The smallest absolute Gasteiger partial charge is 0.225 e. The van der Waals surface area contributed by atoms with E-state index in [0.29, 0.717) is 5.95 Å². The fourth-order valence-electron chi connectivity index (χ4n) is 1.79. The summed E-state index contributed by atoms with van der Waals surface area (Å²) < 4.78 is 0. The van der Waals surface area contributed by atoms with Crippen molar-refractivity contribution in [1.29, 1.82) is 0 Å². The average Bonchev–Trinajstić information content (AvgIpc) is 2.32. The summed E-state index contributed by atoms with van der Waals surface area (Å²) in [7, 11) is 0. The van der Waals surface area contributed by atoms with Crippen molar-refractivity contribution >= 4 is 5.95 Å². The second-order valence-corrected chi connectivity index (χ2v) is 3.79. The topological polar surface area (TPSA) is 72.7 Å². The van der Waals surface area contributed by atoms with E-state index >= 15 is 0 Å². The average molecular weight is 224 g/mol. The van der Waals surface area contributed by atoms with E-state index in [1.54, 1.807) is 0 Å². The molecule has 6 nitrogen and oxygen atoms in total. The van der Waals surface area contributed by atoms with E-state index in [4.69, 9.17) is 10.2 Å². The molecule has 2 heterocycles. The number of anilines is 1. The Balaban J connectivity index is 1.91. The van der Waals surface area contributed by atoms with Crippen LogP contribution in [0.25, 0.3) is 0 Å². The Bertz CT molecular complexity index is 322. The quantitative estimate of drug-likeness (QED) is 0.707. The van der Waals surface area contributed by atoms with Crippen LogP contribution in [0.15, 0.2) is 12.4 Å². The summed E-state index contributed by atoms with van der Waals surface area (Å²) in [5.74, 6) is 0.740. The van der Waals surface area contributed by atoms with Gasteiger partial charge in [0.2, 0.25) is 5.95 Å². The van der Waals surface area contributed by atoms with Gasteiger partial charge in [-0.15, -0.1) is 0 Å². The molecule has 0 aromatic carbocycles. The van der Waals surface area contributed by atoms with Gasteiger partial charge in [-0.2, -0.15) is 0 Å². The standard InChI is InChI=1S/C10H16N4O2/c15-6-5-13-1-3-14(4-2-13)10-11-7-9(16)8-12-10/h7-8,15-16H,1-6H2. The van der Waals surface area contributed by atoms with Crippen LogP contribution >= 0.6 is 0 Å². The normalized spacial score (nSPS) is 17.7. The number of nitrogens with zero attached hydrogens (tertiary/aromatic N) is 4. The summed E-state index contributed by atoms with van der Waals surface area (Å²) in [5.41, 5.74) is 0.